The number of nitrogens with one attached hydrogen (secondary N) is 1. The minimum atomic E-state index is -4.64. The summed E-state index contributed by atoms with van der Waals surface area (Å²) in [7, 11) is 0. The number of hydrogen-bond acceptors (Lipinski definition) is 2. The van der Waals surface area contributed by atoms with E-state index in [2.05, 4.69) is 5.32 Å². The van der Waals surface area contributed by atoms with Crippen molar-refractivity contribution < 1.29 is 22.4 Å². The Balaban J connectivity index is 2.07. The minimum absolute atomic E-state index is 0.0680. The Kier molecular flexibility index (Phi) is 4.71. The molecule has 25 heavy (non-hydrogen) atoms. The van der Waals surface area contributed by atoms with Gasteiger partial charge in [0.2, 0.25) is 5.91 Å². The van der Waals surface area contributed by atoms with Crippen molar-refractivity contribution in [1.29, 1.82) is 0 Å². The standard InChI is InChI=1S/C17H13ClF4N2O/c18-11-4-5-14-13(7-11)16(17(20,21)22)24(9-15(25)23-14)8-10-2-1-3-12(19)6-10/h1-7,16H,8-9H2,(H,23,25). The van der Waals surface area contributed by atoms with Gasteiger partial charge in [-0.1, -0.05) is 23.7 Å². The van der Waals surface area contributed by atoms with Crippen molar-refractivity contribution in [3.63, 3.8) is 0 Å². The lowest BCUT2D eigenvalue weighted by molar-refractivity contribution is -0.187. The summed E-state index contributed by atoms with van der Waals surface area (Å²) >= 11 is 5.86. The molecular weight excluding hydrogens is 360 g/mol. The summed E-state index contributed by atoms with van der Waals surface area (Å²) in [5, 5.41) is 2.60. The lowest BCUT2D eigenvalue weighted by Gasteiger charge is -2.31. The molecule has 1 aliphatic rings. The Bertz CT molecular complexity index is 809. The fourth-order valence-corrected chi connectivity index (χ4v) is 3.12. The highest BCUT2D eigenvalue weighted by Gasteiger charge is 2.47. The Hall–Kier alpha value is -2.12. The van der Waals surface area contributed by atoms with Crippen LogP contribution in [0.25, 0.3) is 0 Å². The molecule has 0 bridgehead atoms. The van der Waals surface area contributed by atoms with Crippen molar-refractivity contribution in [3.05, 3.63) is 64.4 Å². The predicted octanol–water partition coefficient (Wildman–Crippen LogP) is 4.54. The molecule has 0 radical (unpaired) electrons. The van der Waals surface area contributed by atoms with Gasteiger partial charge in [-0.2, -0.15) is 13.2 Å². The van der Waals surface area contributed by atoms with Crippen LogP contribution >= 0.6 is 11.6 Å². The van der Waals surface area contributed by atoms with Crippen molar-refractivity contribution in [1.82, 2.24) is 4.90 Å². The zero-order valence-electron chi connectivity index (χ0n) is 12.8. The normalized spacial score (nSPS) is 18.4. The number of rotatable bonds is 2. The molecule has 8 heteroatoms. The molecule has 1 atom stereocenters. The molecule has 132 valence electrons. The Morgan fingerprint density at radius 3 is 2.64 bits per heavy atom. The van der Waals surface area contributed by atoms with E-state index in [1.807, 2.05) is 0 Å². The first-order chi connectivity index (χ1) is 11.7. The van der Waals surface area contributed by atoms with Crippen molar-refractivity contribution >= 4 is 23.2 Å². The number of carbonyl (C=O) groups excluding carboxylic acids is 1. The van der Waals surface area contributed by atoms with E-state index in [9.17, 15) is 22.4 Å². The summed E-state index contributed by atoms with van der Waals surface area (Å²) in [5.74, 6) is -1.13. The van der Waals surface area contributed by atoms with E-state index in [4.69, 9.17) is 11.6 Å². The second kappa shape index (κ2) is 6.65. The lowest BCUT2D eigenvalue weighted by atomic mass is 10.0. The summed E-state index contributed by atoms with van der Waals surface area (Å²) in [4.78, 5) is 13.0. The molecule has 3 nitrogen and oxygen atoms in total. The van der Waals surface area contributed by atoms with Crippen LogP contribution < -0.4 is 5.32 Å². The predicted molar refractivity (Wildman–Crippen MR) is 85.7 cm³/mol. The molecule has 1 aliphatic heterocycles. The molecule has 1 amide bonds. The quantitative estimate of drug-likeness (QED) is 0.785. The van der Waals surface area contributed by atoms with Gasteiger partial charge < -0.3 is 5.32 Å². The van der Waals surface area contributed by atoms with Crippen LogP contribution in [0.1, 0.15) is 17.2 Å². The molecule has 3 rings (SSSR count). The third kappa shape index (κ3) is 3.93. The zero-order valence-corrected chi connectivity index (χ0v) is 13.5. The maximum atomic E-state index is 13.8. The Morgan fingerprint density at radius 1 is 1.20 bits per heavy atom. The van der Waals surface area contributed by atoms with E-state index in [1.165, 1.54) is 36.4 Å². The number of halogens is 5. The average molecular weight is 373 g/mol. The maximum Gasteiger partial charge on any atom is 0.408 e. The monoisotopic (exact) mass is 372 g/mol. The largest absolute Gasteiger partial charge is 0.408 e. The molecule has 0 aromatic heterocycles. The van der Waals surface area contributed by atoms with Crippen molar-refractivity contribution in [2.45, 2.75) is 18.8 Å². The molecule has 0 saturated heterocycles. The van der Waals surface area contributed by atoms with Crippen LogP contribution in [0.4, 0.5) is 23.2 Å². The fraction of sp³-hybridized carbons (Fsp3) is 0.235. The summed E-state index contributed by atoms with van der Waals surface area (Å²) in [6.45, 7) is -0.714. The topological polar surface area (TPSA) is 32.3 Å². The molecule has 2 aromatic carbocycles. The highest BCUT2D eigenvalue weighted by Crippen LogP contribution is 2.43. The van der Waals surface area contributed by atoms with Gasteiger partial charge in [-0.3, -0.25) is 9.69 Å². The average Bonchev–Trinajstić information content (AvgIpc) is 2.61. The third-order valence-corrected chi connectivity index (χ3v) is 4.11. The van der Waals surface area contributed by atoms with Gasteiger partial charge in [-0.25, -0.2) is 4.39 Å². The van der Waals surface area contributed by atoms with E-state index in [0.717, 1.165) is 11.0 Å². The van der Waals surface area contributed by atoms with Crippen LogP contribution in [-0.4, -0.2) is 23.5 Å². The number of anilines is 1. The van der Waals surface area contributed by atoms with Crippen LogP contribution in [0.2, 0.25) is 5.02 Å². The van der Waals surface area contributed by atoms with E-state index < -0.39 is 30.5 Å². The molecule has 1 heterocycles. The summed E-state index contributed by atoms with van der Waals surface area (Å²) in [6, 6.07) is 7.19. The van der Waals surface area contributed by atoms with Gasteiger partial charge in [0.1, 0.15) is 11.9 Å². The van der Waals surface area contributed by atoms with Gasteiger partial charge in [0.15, 0.2) is 0 Å². The Labute approximate surface area is 146 Å². The molecular formula is C17H13ClF4N2O. The first kappa shape index (κ1) is 17.7. The van der Waals surface area contributed by atoms with Crippen molar-refractivity contribution in [3.8, 4) is 0 Å². The smallest absolute Gasteiger partial charge is 0.325 e. The van der Waals surface area contributed by atoms with Gasteiger partial charge in [0.25, 0.3) is 0 Å². The van der Waals surface area contributed by atoms with E-state index in [-0.39, 0.29) is 22.8 Å². The van der Waals surface area contributed by atoms with Crippen LogP contribution in [0.5, 0.6) is 0 Å². The number of fused-ring (bicyclic) bond motifs is 1. The molecule has 0 spiro atoms. The van der Waals surface area contributed by atoms with E-state index in [1.54, 1.807) is 0 Å². The maximum absolute atomic E-state index is 13.8. The molecule has 0 fully saturated rings. The second-order valence-corrected chi connectivity index (χ2v) is 6.20. The number of benzene rings is 2. The van der Waals surface area contributed by atoms with Gasteiger partial charge in [0, 0.05) is 22.8 Å². The summed E-state index contributed by atoms with van der Waals surface area (Å²) in [5.41, 5.74) is 0.272. The molecule has 1 N–H and O–H groups in total. The van der Waals surface area contributed by atoms with Gasteiger partial charge in [0.05, 0.1) is 6.54 Å². The summed E-state index contributed by atoms with van der Waals surface area (Å²) in [6.07, 6.45) is -4.64. The first-order valence-electron chi connectivity index (χ1n) is 7.38. The summed E-state index contributed by atoms with van der Waals surface area (Å²) < 4.78 is 54.7. The van der Waals surface area contributed by atoms with E-state index in [0.29, 0.717) is 5.56 Å². The highest BCUT2D eigenvalue weighted by atomic mass is 35.5. The highest BCUT2D eigenvalue weighted by molar-refractivity contribution is 6.30. The number of hydrogen-bond donors (Lipinski definition) is 1. The number of nitrogens with zero attached hydrogens (tertiary/aromatic N) is 1. The number of alkyl halides is 3. The van der Waals surface area contributed by atoms with Gasteiger partial charge in [-0.15, -0.1) is 0 Å². The van der Waals surface area contributed by atoms with Gasteiger partial charge >= 0.3 is 6.18 Å². The Morgan fingerprint density at radius 2 is 1.96 bits per heavy atom. The number of amides is 1. The zero-order chi connectivity index (χ0) is 18.2. The lowest BCUT2D eigenvalue weighted by Crippen LogP contribution is -2.40. The second-order valence-electron chi connectivity index (χ2n) is 5.76. The van der Waals surface area contributed by atoms with Crippen LogP contribution in [0.3, 0.4) is 0 Å². The first-order valence-corrected chi connectivity index (χ1v) is 7.76. The molecule has 2 aromatic rings. The minimum Gasteiger partial charge on any atom is -0.325 e. The third-order valence-electron chi connectivity index (χ3n) is 3.88. The fourth-order valence-electron chi connectivity index (χ4n) is 2.94. The molecule has 0 aliphatic carbocycles. The van der Waals surface area contributed by atoms with Crippen molar-refractivity contribution in [2.24, 2.45) is 0 Å². The van der Waals surface area contributed by atoms with Gasteiger partial charge in [-0.05, 0) is 35.9 Å². The SMILES string of the molecule is O=C1CN(Cc2cccc(F)c2)C(C(F)(F)F)c2cc(Cl)ccc2N1. The number of carbonyl (C=O) groups is 1. The van der Waals surface area contributed by atoms with Crippen LogP contribution in [-0.2, 0) is 11.3 Å². The van der Waals surface area contributed by atoms with Crippen LogP contribution in [0, 0.1) is 5.82 Å². The molecule has 1 unspecified atom stereocenters. The van der Waals surface area contributed by atoms with Crippen molar-refractivity contribution in [2.75, 3.05) is 11.9 Å². The van der Waals surface area contributed by atoms with E-state index >= 15 is 0 Å². The molecule has 0 saturated carbocycles. The van der Waals surface area contributed by atoms with Crippen LogP contribution in [0.15, 0.2) is 42.5 Å².